The molecule has 0 unspecified atom stereocenters. The number of imidazole rings is 1. The van der Waals surface area contributed by atoms with E-state index < -0.39 is 36.7 Å². The second-order valence-electron chi connectivity index (χ2n) is 7.51. The maximum absolute atomic E-state index is 12.3. The number of aromatic nitrogens is 4. The van der Waals surface area contributed by atoms with Gasteiger partial charge in [0.25, 0.3) is 5.56 Å². The minimum atomic E-state index is -1.35. The number of ether oxygens (including phenoxy) is 1. The van der Waals surface area contributed by atoms with Crippen molar-refractivity contribution in [3.8, 4) is 11.1 Å². The molecule has 4 aromatic rings. The summed E-state index contributed by atoms with van der Waals surface area (Å²) >= 11 is 0. The highest BCUT2D eigenvalue weighted by molar-refractivity contribution is 5.75. The van der Waals surface area contributed by atoms with Gasteiger partial charge in [-0.1, -0.05) is 42.5 Å². The second kappa shape index (κ2) is 8.17. The molecule has 10 heteroatoms. The van der Waals surface area contributed by atoms with E-state index in [2.05, 4.69) is 20.3 Å². The van der Waals surface area contributed by atoms with Gasteiger partial charge < -0.3 is 30.4 Å². The number of fused-ring (bicyclic) bond motifs is 1. The van der Waals surface area contributed by atoms with Crippen LogP contribution in [-0.2, 0) is 4.74 Å². The molecule has 1 aliphatic rings. The van der Waals surface area contributed by atoms with Crippen LogP contribution >= 0.6 is 0 Å². The molecule has 3 heterocycles. The summed E-state index contributed by atoms with van der Waals surface area (Å²) in [7, 11) is 0. The normalized spacial score (nSPS) is 23.0. The molecule has 0 bridgehead atoms. The van der Waals surface area contributed by atoms with Gasteiger partial charge in [0.1, 0.15) is 18.3 Å². The van der Waals surface area contributed by atoms with Crippen molar-refractivity contribution < 1.29 is 20.1 Å². The predicted octanol–water partition coefficient (Wildman–Crippen LogP) is 1.14. The number of rotatable bonds is 5. The van der Waals surface area contributed by atoms with Gasteiger partial charge in [-0.15, -0.1) is 0 Å². The molecule has 1 fully saturated rings. The van der Waals surface area contributed by atoms with Crippen LogP contribution in [-0.4, -0.2) is 59.8 Å². The lowest BCUT2D eigenvalue weighted by molar-refractivity contribution is -0.0501. The van der Waals surface area contributed by atoms with Crippen molar-refractivity contribution in [3.63, 3.8) is 0 Å². The van der Waals surface area contributed by atoms with Crippen LogP contribution in [0.4, 0.5) is 11.6 Å². The average molecular weight is 435 g/mol. The van der Waals surface area contributed by atoms with E-state index in [4.69, 9.17) is 4.74 Å². The molecule has 0 radical (unpaired) electrons. The fraction of sp³-hybridized carbons (Fsp3) is 0.227. The third-order valence-electron chi connectivity index (χ3n) is 5.50. The van der Waals surface area contributed by atoms with Crippen LogP contribution in [0.1, 0.15) is 6.23 Å². The molecule has 10 nitrogen and oxygen atoms in total. The van der Waals surface area contributed by atoms with Crippen LogP contribution in [0.3, 0.4) is 0 Å². The van der Waals surface area contributed by atoms with Crippen LogP contribution in [0, 0.1) is 0 Å². The lowest BCUT2D eigenvalue weighted by Crippen LogP contribution is -2.33. The number of benzene rings is 2. The number of hydrogen-bond donors (Lipinski definition) is 5. The van der Waals surface area contributed by atoms with E-state index in [9.17, 15) is 20.1 Å². The highest BCUT2D eigenvalue weighted by atomic mass is 16.6. The molecule has 0 spiro atoms. The van der Waals surface area contributed by atoms with Gasteiger partial charge in [0.05, 0.1) is 12.9 Å². The molecule has 5 N–H and O–H groups in total. The van der Waals surface area contributed by atoms with Crippen LogP contribution in [0.5, 0.6) is 0 Å². The SMILES string of the molecule is O=c1[nH]cnc2c1nc(Nc1ccc(-c3ccccc3)cc1)n2[C@@H]1O[C@H](CO)[C@@H](O)[C@H]1O. The lowest BCUT2D eigenvalue weighted by atomic mass is 10.1. The highest BCUT2D eigenvalue weighted by Crippen LogP contribution is 2.34. The Morgan fingerprint density at radius 2 is 1.75 bits per heavy atom. The zero-order valence-electron chi connectivity index (χ0n) is 16.8. The number of aliphatic hydroxyl groups excluding tert-OH is 3. The summed E-state index contributed by atoms with van der Waals surface area (Å²) in [5.74, 6) is 0.200. The number of hydrogen-bond acceptors (Lipinski definition) is 8. The number of aliphatic hydroxyl groups is 3. The van der Waals surface area contributed by atoms with Crippen molar-refractivity contribution in [2.75, 3.05) is 11.9 Å². The van der Waals surface area contributed by atoms with Crippen molar-refractivity contribution in [2.24, 2.45) is 0 Å². The van der Waals surface area contributed by atoms with E-state index in [1.54, 1.807) is 0 Å². The molecule has 1 aliphatic heterocycles. The van der Waals surface area contributed by atoms with Gasteiger partial charge in [-0.3, -0.25) is 9.36 Å². The maximum atomic E-state index is 12.3. The Balaban J connectivity index is 1.54. The van der Waals surface area contributed by atoms with E-state index in [0.717, 1.165) is 11.1 Å². The first-order chi connectivity index (χ1) is 15.6. The smallest absolute Gasteiger partial charge is 0.278 e. The number of nitrogens with zero attached hydrogens (tertiary/aromatic N) is 3. The fourth-order valence-electron chi connectivity index (χ4n) is 3.85. The summed E-state index contributed by atoms with van der Waals surface area (Å²) in [6, 6.07) is 17.5. The second-order valence-corrected chi connectivity index (χ2v) is 7.51. The molecule has 0 aliphatic carbocycles. The van der Waals surface area contributed by atoms with E-state index >= 15 is 0 Å². The summed E-state index contributed by atoms with van der Waals surface area (Å²) in [6.45, 7) is -0.473. The quantitative estimate of drug-likeness (QED) is 0.314. The molecule has 2 aromatic carbocycles. The van der Waals surface area contributed by atoms with Gasteiger partial charge in [0, 0.05) is 5.69 Å². The van der Waals surface area contributed by atoms with Crippen molar-refractivity contribution in [1.82, 2.24) is 19.5 Å². The van der Waals surface area contributed by atoms with Gasteiger partial charge in [0.15, 0.2) is 17.4 Å². The molecule has 5 rings (SSSR count). The topological polar surface area (TPSA) is 146 Å². The van der Waals surface area contributed by atoms with Gasteiger partial charge in [0.2, 0.25) is 5.95 Å². The number of anilines is 2. The lowest BCUT2D eigenvalue weighted by Gasteiger charge is -2.19. The Kier molecular flexibility index (Phi) is 5.19. The summed E-state index contributed by atoms with van der Waals surface area (Å²) in [4.78, 5) is 23.3. The summed E-state index contributed by atoms with van der Waals surface area (Å²) in [5, 5.41) is 33.3. The predicted molar refractivity (Wildman–Crippen MR) is 116 cm³/mol. The Labute approximate surface area is 181 Å². The zero-order chi connectivity index (χ0) is 22.2. The van der Waals surface area contributed by atoms with Crippen molar-refractivity contribution in [2.45, 2.75) is 24.5 Å². The zero-order valence-corrected chi connectivity index (χ0v) is 16.8. The third-order valence-corrected chi connectivity index (χ3v) is 5.50. The van der Waals surface area contributed by atoms with E-state index in [-0.39, 0.29) is 17.1 Å². The first-order valence-electron chi connectivity index (χ1n) is 10.1. The Morgan fingerprint density at radius 1 is 1.03 bits per heavy atom. The molecular formula is C22H21N5O5. The largest absolute Gasteiger partial charge is 0.394 e. The molecule has 2 aromatic heterocycles. The highest BCUT2D eigenvalue weighted by Gasteiger charge is 2.45. The van der Waals surface area contributed by atoms with Gasteiger partial charge in [-0.05, 0) is 23.3 Å². The average Bonchev–Trinajstić information content (AvgIpc) is 3.32. The number of H-pyrrole nitrogens is 1. The minimum Gasteiger partial charge on any atom is -0.394 e. The Morgan fingerprint density at radius 3 is 2.44 bits per heavy atom. The van der Waals surface area contributed by atoms with Crippen LogP contribution in [0.15, 0.2) is 65.7 Å². The monoisotopic (exact) mass is 435 g/mol. The molecule has 164 valence electrons. The maximum Gasteiger partial charge on any atom is 0.278 e. The summed E-state index contributed by atoms with van der Waals surface area (Å²) < 4.78 is 7.08. The van der Waals surface area contributed by atoms with E-state index in [1.165, 1.54) is 10.9 Å². The fourth-order valence-corrected chi connectivity index (χ4v) is 3.85. The van der Waals surface area contributed by atoms with Gasteiger partial charge >= 0.3 is 0 Å². The van der Waals surface area contributed by atoms with Crippen molar-refractivity contribution in [1.29, 1.82) is 0 Å². The van der Waals surface area contributed by atoms with Crippen LogP contribution in [0.2, 0.25) is 0 Å². The molecule has 1 saturated heterocycles. The first-order valence-corrected chi connectivity index (χ1v) is 10.1. The number of nitrogens with one attached hydrogen (secondary N) is 2. The molecule has 32 heavy (non-hydrogen) atoms. The van der Waals surface area contributed by atoms with Gasteiger partial charge in [-0.2, -0.15) is 0 Å². The summed E-state index contributed by atoms with van der Waals surface area (Å²) in [6.07, 6.45) is -3.52. The molecular weight excluding hydrogens is 414 g/mol. The Bertz CT molecular complexity index is 1290. The molecule has 0 saturated carbocycles. The standard InChI is InChI=1S/C22H21N5O5/c28-10-15-17(29)18(30)21(32-15)27-19-16(20(31)24-11-23-19)26-22(27)25-14-8-6-13(7-9-14)12-4-2-1-3-5-12/h1-9,11,15,17-18,21,28-30H,10H2,(H,25,26)(H,23,24,31)/t15-,17-,18-,21-/m1/s1. The first kappa shape index (κ1) is 20.3. The minimum absolute atomic E-state index is 0.0497. The third kappa shape index (κ3) is 3.45. The van der Waals surface area contributed by atoms with Crippen LogP contribution in [0.25, 0.3) is 22.3 Å². The number of aromatic amines is 1. The van der Waals surface area contributed by atoms with Gasteiger partial charge in [-0.25, -0.2) is 9.97 Å². The molecule has 4 atom stereocenters. The van der Waals surface area contributed by atoms with Crippen molar-refractivity contribution in [3.05, 3.63) is 71.3 Å². The van der Waals surface area contributed by atoms with Crippen LogP contribution < -0.4 is 10.9 Å². The molecule has 0 amide bonds. The Hall–Kier alpha value is -3.57. The summed E-state index contributed by atoms with van der Waals surface area (Å²) in [5.41, 5.74) is 2.56. The van der Waals surface area contributed by atoms with E-state index in [0.29, 0.717) is 5.69 Å². The van der Waals surface area contributed by atoms with Crippen molar-refractivity contribution >= 4 is 22.8 Å². The van der Waals surface area contributed by atoms with E-state index in [1.807, 2.05) is 54.6 Å².